The van der Waals surface area contributed by atoms with Crippen molar-refractivity contribution < 1.29 is 29.0 Å². The van der Waals surface area contributed by atoms with Gasteiger partial charge in [0.25, 0.3) is 0 Å². The molecule has 3 aromatic rings. The summed E-state index contributed by atoms with van der Waals surface area (Å²) in [6.45, 7) is 14.3. The third kappa shape index (κ3) is 7.09. The number of alkyl carbamates (subject to hydrolysis) is 1. The molecule has 3 amide bonds. The first-order valence-corrected chi connectivity index (χ1v) is 16.0. The van der Waals surface area contributed by atoms with Gasteiger partial charge in [-0.15, -0.1) is 16.8 Å². The number of rotatable bonds is 9. The number of carbonyl (C=O) groups is 4. The Hall–Kier alpha value is -5.07. The lowest BCUT2D eigenvalue weighted by atomic mass is 9.85. The first-order valence-electron chi connectivity index (χ1n) is 16.0. The van der Waals surface area contributed by atoms with E-state index in [0.29, 0.717) is 5.82 Å². The van der Waals surface area contributed by atoms with Crippen LogP contribution < -0.4 is 10.6 Å². The highest BCUT2D eigenvalue weighted by Crippen LogP contribution is 2.45. The molecule has 13 heteroatoms. The van der Waals surface area contributed by atoms with Gasteiger partial charge in [-0.1, -0.05) is 81.4 Å². The Kier molecular flexibility index (Phi) is 9.18. The van der Waals surface area contributed by atoms with Gasteiger partial charge >= 0.3 is 12.1 Å². The SMILES string of the molecule is C=CC1CC1(NC(=O)C1CC(n2nnc(-c3ccccc3-c3ccccc3)n2)CN1C(=O)C(NC(=O)OC(C)(C)C)C(C)(C)C)C(=O)O. The van der Waals surface area contributed by atoms with Crippen LogP contribution in [0.5, 0.6) is 0 Å². The normalized spacial score (nSPS) is 22.8. The van der Waals surface area contributed by atoms with Gasteiger partial charge in [-0.05, 0) is 48.9 Å². The first kappa shape index (κ1) is 34.3. The van der Waals surface area contributed by atoms with Crippen LogP contribution in [0.2, 0.25) is 0 Å². The summed E-state index contributed by atoms with van der Waals surface area (Å²) in [6.07, 6.45) is 1.01. The number of carbonyl (C=O) groups excluding carboxylic acids is 3. The van der Waals surface area contributed by atoms with E-state index in [0.717, 1.165) is 16.7 Å². The molecule has 48 heavy (non-hydrogen) atoms. The average molecular weight is 658 g/mol. The molecule has 2 fully saturated rings. The molecule has 254 valence electrons. The van der Waals surface area contributed by atoms with Crippen LogP contribution in [0.15, 0.2) is 67.3 Å². The molecular weight excluding hydrogens is 614 g/mol. The Bertz CT molecular complexity index is 1710. The lowest BCUT2D eigenvalue weighted by molar-refractivity contribution is -0.146. The molecule has 0 bridgehead atoms. The van der Waals surface area contributed by atoms with Crippen LogP contribution in [0.25, 0.3) is 22.5 Å². The molecule has 5 atom stereocenters. The van der Waals surface area contributed by atoms with Gasteiger partial charge in [0.15, 0.2) is 0 Å². The summed E-state index contributed by atoms with van der Waals surface area (Å²) in [7, 11) is 0. The van der Waals surface area contributed by atoms with Gasteiger partial charge in [-0.2, -0.15) is 4.80 Å². The molecule has 2 aromatic carbocycles. The van der Waals surface area contributed by atoms with E-state index in [4.69, 9.17) is 4.74 Å². The van der Waals surface area contributed by atoms with E-state index in [2.05, 4.69) is 32.6 Å². The lowest BCUT2D eigenvalue weighted by Gasteiger charge is -2.36. The summed E-state index contributed by atoms with van der Waals surface area (Å²) in [5.41, 5.74) is -0.418. The number of benzene rings is 2. The second-order valence-corrected chi connectivity index (χ2v) is 14.5. The summed E-state index contributed by atoms with van der Waals surface area (Å²) >= 11 is 0. The van der Waals surface area contributed by atoms with E-state index in [-0.39, 0.29) is 19.4 Å². The summed E-state index contributed by atoms with van der Waals surface area (Å²) < 4.78 is 5.44. The Morgan fingerprint density at radius 2 is 1.67 bits per heavy atom. The minimum atomic E-state index is -1.50. The number of nitrogens with one attached hydrogen (secondary N) is 2. The topological polar surface area (TPSA) is 169 Å². The molecule has 3 N–H and O–H groups in total. The van der Waals surface area contributed by atoms with E-state index in [1.807, 2.05) is 54.6 Å². The van der Waals surface area contributed by atoms with E-state index in [9.17, 15) is 24.3 Å². The van der Waals surface area contributed by atoms with E-state index >= 15 is 0 Å². The standard InChI is InChI=1S/C35H43N7O6/c1-8-22-19-35(22,31(45)46)37-29(43)26-18-23(20-41(26)30(44)27(33(2,3)4)36-32(47)48-34(5,6)7)42-39-28(38-40-42)25-17-13-12-16-24(25)21-14-10-9-11-15-21/h8-17,22-23,26-27H,1,18-20H2,2-7H3,(H,36,47)(H,37,43)(H,45,46). The Morgan fingerprint density at radius 3 is 2.25 bits per heavy atom. The van der Waals surface area contributed by atoms with Gasteiger partial charge < -0.3 is 25.4 Å². The van der Waals surface area contributed by atoms with Gasteiger partial charge in [-0.25, -0.2) is 9.59 Å². The van der Waals surface area contributed by atoms with Crippen LogP contribution in [0.1, 0.15) is 60.4 Å². The maximum atomic E-state index is 14.3. The van der Waals surface area contributed by atoms with Crippen LogP contribution >= 0.6 is 0 Å². The number of ether oxygens (including phenoxy) is 1. The highest BCUT2D eigenvalue weighted by molar-refractivity contribution is 5.96. The smallest absolute Gasteiger partial charge is 0.408 e. The van der Waals surface area contributed by atoms with Crippen LogP contribution in [0, 0.1) is 11.3 Å². The lowest BCUT2D eigenvalue weighted by Crippen LogP contribution is -2.59. The van der Waals surface area contributed by atoms with Crippen LogP contribution in [0.3, 0.4) is 0 Å². The summed E-state index contributed by atoms with van der Waals surface area (Å²) in [5, 5.41) is 28.7. The zero-order chi connectivity index (χ0) is 35.0. The monoisotopic (exact) mass is 657 g/mol. The molecule has 13 nitrogen and oxygen atoms in total. The molecule has 1 aliphatic carbocycles. The van der Waals surface area contributed by atoms with Crippen molar-refractivity contribution in [3.63, 3.8) is 0 Å². The Labute approximate surface area is 279 Å². The fourth-order valence-corrected chi connectivity index (χ4v) is 6.07. The highest BCUT2D eigenvalue weighted by Gasteiger charge is 2.61. The highest BCUT2D eigenvalue weighted by atomic mass is 16.6. The van der Waals surface area contributed by atoms with Crippen LogP contribution in [-0.4, -0.2) is 83.9 Å². The second-order valence-electron chi connectivity index (χ2n) is 14.5. The minimum absolute atomic E-state index is 0.0145. The molecule has 2 aliphatic rings. The van der Waals surface area contributed by atoms with Crippen molar-refractivity contribution in [1.82, 2.24) is 35.7 Å². The van der Waals surface area contributed by atoms with Crippen molar-refractivity contribution in [2.75, 3.05) is 6.54 Å². The summed E-state index contributed by atoms with van der Waals surface area (Å²) in [5.74, 6) is -2.40. The number of amides is 3. The molecule has 5 rings (SSSR count). The molecule has 1 saturated carbocycles. The number of likely N-dealkylation sites (tertiary alicyclic amines) is 1. The summed E-state index contributed by atoms with van der Waals surface area (Å²) in [4.78, 5) is 56.0. The van der Waals surface area contributed by atoms with Crippen molar-refractivity contribution in [2.45, 2.75) is 83.6 Å². The van der Waals surface area contributed by atoms with Crippen LogP contribution in [-0.2, 0) is 19.1 Å². The molecule has 0 spiro atoms. The molecule has 2 heterocycles. The number of nitrogens with zero attached hydrogens (tertiary/aromatic N) is 5. The van der Waals surface area contributed by atoms with Crippen LogP contribution in [0.4, 0.5) is 4.79 Å². The number of tetrazole rings is 1. The number of aliphatic carboxylic acids is 1. The number of carboxylic acid groups (broad SMARTS) is 1. The van der Waals surface area contributed by atoms with Gasteiger partial charge in [-0.3, -0.25) is 9.59 Å². The molecule has 5 unspecified atom stereocenters. The summed E-state index contributed by atoms with van der Waals surface area (Å²) in [6, 6.07) is 14.8. The molecule has 1 aromatic heterocycles. The third-order valence-electron chi connectivity index (χ3n) is 8.67. The van der Waals surface area contributed by atoms with E-state index in [1.54, 1.807) is 41.5 Å². The average Bonchev–Trinajstić information content (AvgIpc) is 3.32. The van der Waals surface area contributed by atoms with E-state index < -0.39 is 64.5 Å². The quantitative estimate of drug-likeness (QED) is 0.285. The van der Waals surface area contributed by atoms with Gasteiger partial charge in [0, 0.05) is 24.4 Å². The minimum Gasteiger partial charge on any atom is -0.479 e. The maximum Gasteiger partial charge on any atom is 0.408 e. The molecule has 0 radical (unpaired) electrons. The number of hydrogen-bond acceptors (Lipinski definition) is 8. The molecule has 1 saturated heterocycles. The first-order chi connectivity index (χ1) is 22.5. The Balaban J connectivity index is 1.46. The number of hydrogen-bond donors (Lipinski definition) is 3. The zero-order valence-electron chi connectivity index (χ0n) is 28.1. The third-order valence-corrected chi connectivity index (χ3v) is 8.67. The Morgan fingerprint density at radius 1 is 1.02 bits per heavy atom. The maximum absolute atomic E-state index is 14.3. The number of carboxylic acids is 1. The zero-order valence-corrected chi connectivity index (χ0v) is 28.1. The fraction of sp³-hybridized carbons (Fsp3) is 0.457. The van der Waals surface area contributed by atoms with Gasteiger partial charge in [0.2, 0.25) is 17.6 Å². The van der Waals surface area contributed by atoms with Crippen molar-refractivity contribution in [3.8, 4) is 22.5 Å². The fourth-order valence-electron chi connectivity index (χ4n) is 6.07. The van der Waals surface area contributed by atoms with E-state index in [1.165, 1.54) is 15.8 Å². The van der Waals surface area contributed by atoms with Gasteiger partial charge in [0.1, 0.15) is 23.2 Å². The largest absolute Gasteiger partial charge is 0.479 e. The number of aromatic nitrogens is 4. The van der Waals surface area contributed by atoms with Crippen molar-refractivity contribution >= 4 is 23.9 Å². The van der Waals surface area contributed by atoms with Crippen molar-refractivity contribution in [2.24, 2.45) is 11.3 Å². The molecule has 1 aliphatic heterocycles. The predicted molar refractivity (Wildman–Crippen MR) is 177 cm³/mol. The predicted octanol–water partition coefficient (Wildman–Crippen LogP) is 4.23. The van der Waals surface area contributed by atoms with Crippen molar-refractivity contribution in [3.05, 3.63) is 67.3 Å². The molecular formula is C35H43N7O6. The van der Waals surface area contributed by atoms with Crippen molar-refractivity contribution in [1.29, 1.82) is 0 Å². The van der Waals surface area contributed by atoms with Gasteiger partial charge in [0.05, 0.1) is 6.04 Å². The second kappa shape index (κ2) is 12.9.